The predicted octanol–water partition coefficient (Wildman–Crippen LogP) is 1.01. The summed E-state index contributed by atoms with van der Waals surface area (Å²) < 4.78 is 0. The van der Waals surface area contributed by atoms with Crippen LogP contribution in [0.2, 0.25) is 0 Å². The first kappa shape index (κ1) is 16.0. The topological polar surface area (TPSA) is 89.4 Å². The Kier molecular flexibility index (Phi) is 6.84. The van der Waals surface area contributed by atoms with E-state index in [0.717, 1.165) is 6.42 Å². The molecule has 5 heteroatoms. The van der Waals surface area contributed by atoms with Crippen LogP contribution < -0.4 is 11.5 Å². The predicted molar refractivity (Wildman–Crippen MR) is 75.2 cm³/mol. The number of rotatable bonds is 7. The molecule has 0 aromatic heterocycles. The van der Waals surface area contributed by atoms with Crippen LogP contribution in [0.15, 0.2) is 0 Å². The highest BCUT2D eigenvalue weighted by Gasteiger charge is 2.20. The lowest BCUT2D eigenvalue weighted by Crippen LogP contribution is -2.41. The Morgan fingerprint density at radius 1 is 1.26 bits per heavy atom. The molecule has 2 amide bonds. The SMILES string of the molecule is CC(N)CC(=O)N(CCC1CCCCC1)CC(N)=O. The highest BCUT2D eigenvalue weighted by atomic mass is 16.2. The molecule has 1 fully saturated rings. The van der Waals surface area contributed by atoms with Gasteiger partial charge in [0.25, 0.3) is 0 Å². The number of nitrogens with zero attached hydrogens (tertiary/aromatic N) is 1. The van der Waals surface area contributed by atoms with E-state index < -0.39 is 5.91 Å². The molecule has 0 aromatic rings. The summed E-state index contributed by atoms with van der Waals surface area (Å²) in [6.07, 6.45) is 7.63. The van der Waals surface area contributed by atoms with Crippen LogP contribution in [0.4, 0.5) is 0 Å². The molecule has 1 unspecified atom stereocenters. The second-order valence-electron chi connectivity index (χ2n) is 5.76. The van der Waals surface area contributed by atoms with Gasteiger partial charge in [0.2, 0.25) is 11.8 Å². The molecule has 0 bridgehead atoms. The van der Waals surface area contributed by atoms with E-state index in [0.29, 0.717) is 12.5 Å². The van der Waals surface area contributed by atoms with Crippen LogP contribution in [0.5, 0.6) is 0 Å². The molecule has 1 saturated carbocycles. The molecule has 0 aliphatic heterocycles. The molecule has 4 N–H and O–H groups in total. The lowest BCUT2D eigenvalue weighted by molar-refractivity contribution is -0.135. The fraction of sp³-hybridized carbons (Fsp3) is 0.857. The summed E-state index contributed by atoms with van der Waals surface area (Å²) in [7, 11) is 0. The van der Waals surface area contributed by atoms with Crippen molar-refractivity contribution in [3.8, 4) is 0 Å². The van der Waals surface area contributed by atoms with Crippen molar-refractivity contribution >= 4 is 11.8 Å². The lowest BCUT2D eigenvalue weighted by atomic mass is 9.87. The van der Waals surface area contributed by atoms with Gasteiger partial charge in [-0.15, -0.1) is 0 Å². The van der Waals surface area contributed by atoms with Gasteiger partial charge in [0, 0.05) is 19.0 Å². The standard InChI is InChI=1S/C14H27N3O2/c1-11(15)9-14(19)17(10-13(16)18)8-7-12-5-3-2-4-6-12/h11-12H,2-10,15H2,1H3,(H2,16,18). The highest BCUT2D eigenvalue weighted by molar-refractivity contribution is 5.84. The van der Waals surface area contributed by atoms with Gasteiger partial charge in [-0.25, -0.2) is 0 Å². The van der Waals surface area contributed by atoms with E-state index >= 15 is 0 Å². The van der Waals surface area contributed by atoms with Gasteiger partial charge in [-0.3, -0.25) is 9.59 Å². The zero-order valence-corrected chi connectivity index (χ0v) is 11.9. The average molecular weight is 269 g/mol. The Labute approximate surface area is 115 Å². The van der Waals surface area contributed by atoms with Crippen molar-refractivity contribution in [3.63, 3.8) is 0 Å². The van der Waals surface area contributed by atoms with Crippen LogP contribution in [-0.4, -0.2) is 35.8 Å². The van der Waals surface area contributed by atoms with Crippen molar-refractivity contribution in [1.29, 1.82) is 0 Å². The van der Waals surface area contributed by atoms with Gasteiger partial charge in [-0.2, -0.15) is 0 Å². The van der Waals surface area contributed by atoms with E-state index in [1.54, 1.807) is 11.8 Å². The largest absolute Gasteiger partial charge is 0.368 e. The number of hydrogen-bond acceptors (Lipinski definition) is 3. The van der Waals surface area contributed by atoms with Crippen LogP contribution in [0, 0.1) is 5.92 Å². The second kappa shape index (κ2) is 8.15. The fourth-order valence-corrected chi connectivity index (χ4v) is 2.70. The van der Waals surface area contributed by atoms with Crippen molar-refractivity contribution in [1.82, 2.24) is 4.90 Å². The molecule has 0 aromatic carbocycles. The molecule has 1 aliphatic rings. The molecule has 1 aliphatic carbocycles. The summed E-state index contributed by atoms with van der Waals surface area (Å²) in [6.45, 7) is 2.43. The highest BCUT2D eigenvalue weighted by Crippen LogP contribution is 2.26. The minimum atomic E-state index is -0.457. The molecule has 0 saturated heterocycles. The maximum absolute atomic E-state index is 12.0. The van der Waals surface area contributed by atoms with E-state index in [9.17, 15) is 9.59 Å². The average Bonchev–Trinajstić information content (AvgIpc) is 2.34. The quantitative estimate of drug-likeness (QED) is 0.722. The molecule has 1 atom stereocenters. The van der Waals surface area contributed by atoms with Crippen molar-refractivity contribution in [2.45, 2.75) is 57.9 Å². The third kappa shape index (κ3) is 6.57. The first-order valence-electron chi connectivity index (χ1n) is 7.30. The Hall–Kier alpha value is -1.10. The van der Waals surface area contributed by atoms with Crippen LogP contribution in [0.25, 0.3) is 0 Å². The van der Waals surface area contributed by atoms with Gasteiger partial charge in [0.1, 0.15) is 0 Å². The zero-order valence-electron chi connectivity index (χ0n) is 11.9. The van der Waals surface area contributed by atoms with Crippen molar-refractivity contribution in [2.24, 2.45) is 17.4 Å². The maximum atomic E-state index is 12.0. The minimum Gasteiger partial charge on any atom is -0.368 e. The number of amides is 2. The van der Waals surface area contributed by atoms with Gasteiger partial charge >= 0.3 is 0 Å². The number of carbonyl (C=O) groups is 2. The number of nitrogens with two attached hydrogens (primary N) is 2. The number of hydrogen-bond donors (Lipinski definition) is 2. The van der Waals surface area contributed by atoms with E-state index in [-0.39, 0.29) is 24.9 Å². The fourth-order valence-electron chi connectivity index (χ4n) is 2.70. The molecule has 19 heavy (non-hydrogen) atoms. The molecular formula is C14H27N3O2. The Bertz CT molecular complexity index is 299. The van der Waals surface area contributed by atoms with Gasteiger partial charge in [-0.1, -0.05) is 32.1 Å². The van der Waals surface area contributed by atoms with Gasteiger partial charge in [0.05, 0.1) is 6.54 Å². The molecule has 110 valence electrons. The summed E-state index contributed by atoms with van der Waals surface area (Å²) >= 11 is 0. The van der Waals surface area contributed by atoms with Crippen LogP contribution in [0.1, 0.15) is 51.9 Å². The Morgan fingerprint density at radius 2 is 1.89 bits per heavy atom. The molecule has 0 heterocycles. The minimum absolute atomic E-state index is 0.0122. The van der Waals surface area contributed by atoms with E-state index in [1.807, 2.05) is 0 Å². The van der Waals surface area contributed by atoms with Crippen molar-refractivity contribution in [3.05, 3.63) is 0 Å². The van der Waals surface area contributed by atoms with Gasteiger partial charge in [0.15, 0.2) is 0 Å². The normalized spacial score (nSPS) is 18.0. The van der Waals surface area contributed by atoms with Gasteiger partial charge < -0.3 is 16.4 Å². The van der Waals surface area contributed by atoms with Gasteiger partial charge in [-0.05, 0) is 19.3 Å². The molecule has 0 radical (unpaired) electrons. The van der Waals surface area contributed by atoms with E-state index in [4.69, 9.17) is 11.5 Å². The molecule has 5 nitrogen and oxygen atoms in total. The smallest absolute Gasteiger partial charge is 0.237 e. The summed E-state index contributed by atoms with van der Waals surface area (Å²) in [4.78, 5) is 24.6. The third-order valence-electron chi connectivity index (χ3n) is 3.73. The van der Waals surface area contributed by atoms with Crippen LogP contribution in [-0.2, 0) is 9.59 Å². The van der Waals surface area contributed by atoms with Crippen LogP contribution in [0.3, 0.4) is 0 Å². The summed E-state index contributed by atoms with van der Waals surface area (Å²) in [5, 5.41) is 0. The summed E-state index contributed by atoms with van der Waals surface area (Å²) in [6, 6.07) is -0.183. The van der Waals surface area contributed by atoms with E-state index in [1.165, 1.54) is 32.1 Å². The first-order valence-corrected chi connectivity index (χ1v) is 7.30. The Morgan fingerprint density at radius 3 is 2.42 bits per heavy atom. The maximum Gasteiger partial charge on any atom is 0.237 e. The molecule has 0 spiro atoms. The summed E-state index contributed by atoms with van der Waals surface area (Å²) in [5.41, 5.74) is 10.8. The third-order valence-corrected chi connectivity index (χ3v) is 3.73. The lowest BCUT2D eigenvalue weighted by Gasteiger charge is -2.27. The number of primary amides is 1. The van der Waals surface area contributed by atoms with Crippen molar-refractivity contribution < 1.29 is 9.59 Å². The van der Waals surface area contributed by atoms with Crippen LogP contribution >= 0.6 is 0 Å². The number of carbonyl (C=O) groups excluding carboxylic acids is 2. The van der Waals surface area contributed by atoms with E-state index in [2.05, 4.69) is 0 Å². The second-order valence-corrected chi connectivity index (χ2v) is 5.76. The summed E-state index contributed by atoms with van der Waals surface area (Å²) in [5.74, 6) is 0.165. The first-order chi connectivity index (χ1) is 8.99. The molecule has 1 rings (SSSR count). The monoisotopic (exact) mass is 269 g/mol. The molecular weight excluding hydrogens is 242 g/mol. The zero-order chi connectivity index (χ0) is 14.3. The Balaban J connectivity index is 2.43. The van der Waals surface area contributed by atoms with Crippen molar-refractivity contribution in [2.75, 3.05) is 13.1 Å².